The van der Waals surface area contributed by atoms with Crippen molar-refractivity contribution in [3.8, 4) is 5.75 Å². The molecule has 1 aromatic rings. The Morgan fingerprint density at radius 2 is 1.82 bits per heavy atom. The molecule has 5 rings (SSSR count). The highest BCUT2D eigenvalue weighted by Crippen LogP contribution is 2.49. The van der Waals surface area contributed by atoms with Gasteiger partial charge in [0.15, 0.2) is 0 Å². The number of hydrogen-bond donors (Lipinski definition) is 0. The Morgan fingerprint density at radius 1 is 1.03 bits per heavy atom. The van der Waals surface area contributed by atoms with Gasteiger partial charge in [-0.15, -0.1) is 0 Å². The summed E-state index contributed by atoms with van der Waals surface area (Å²) in [6, 6.07) is 4.84. The van der Waals surface area contributed by atoms with Gasteiger partial charge in [0.2, 0.25) is 5.91 Å². The Morgan fingerprint density at radius 3 is 2.48 bits per heavy atom. The maximum absolute atomic E-state index is 14.4. The molecule has 2 saturated carbocycles. The van der Waals surface area contributed by atoms with Crippen molar-refractivity contribution in [3.05, 3.63) is 29.6 Å². The molecule has 0 bridgehead atoms. The first kappa shape index (κ1) is 22.5. The molecule has 2 atom stereocenters. The maximum Gasteiger partial charge on any atom is 0.409 e. The lowest BCUT2D eigenvalue weighted by Gasteiger charge is -2.31. The lowest BCUT2D eigenvalue weighted by Crippen LogP contribution is -2.42. The minimum absolute atomic E-state index is 0.00502. The predicted octanol–water partition coefficient (Wildman–Crippen LogP) is 4.26. The third-order valence-electron chi connectivity index (χ3n) is 7.85. The fourth-order valence-electron chi connectivity index (χ4n) is 5.19. The van der Waals surface area contributed by atoms with Crippen LogP contribution in [0.1, 0.15) is 50.5 Å². The molecule has 0 N–H and O–H groups in total. The highest BCUT2D eigenvalue weighted by molar-refractivity contribution is 5.79. The SMILES string of the molecule is O=C(Cc1ccc(OCC[C@@H]2C[C@@H]2C2CCN(C(=O)OCC3CC3)CC2)cc1F)N1CCC1. The summed E-state index contributed by atoms with van der Waals surface area (Å²) in [4.78, 5) is 27.8. The molecule has 2 aliphatic heterocycles. The van der Waals surface area contributed by atoms with Crippen LogP contribution in [0.5, 0.6) is 5.75 Å². The molecule has 7 heteroatoms. The summed E-state index contributed by atoms with van der Waals surface area (Å²) in [7, 11) is 0. The Labute approximate surface area is 195 Å². The molecular formula is C26H35FN2O4. The van der Waals surface area contributed by atoms with Crippen molar-refractivity contribution in [3.63, 3.8) is 0 Å². The molecular weight excluding hydrogens is 423 g/mol. The van der Waals surface area contributed by atoms with E-state index >= 15 is 0 Å². The number of carbonyl (C=O) groups is 2. The maximum atomic E-state index is 14.4. The molecule has 0 spiro atoms. The Balaban J connectivity index is 0.985. The zero-order valence-electron chi connectivity index (χ0n) is 19.3. The van der Waals surface area contributed by atoms with E-state index in [1.165, 1.54) is 25.3 Å². The number of piperidine rings is 1. The topological polar surface area (TPSA) is 59.1 Å². The lowest BCUT2D eigenvalue weighted by atomic mass is 9.91. The zero-order chi connectivity index (χ0) is 22.8. The second-order valence-corrected chi connectivity index (χ2v) is 10.3. The van der Waals surface area contributed by atoms with E-state index in [0.717, 1.165) is 57.8 Å². The van der Waals surface area contributed by atoms with Crippen molar-refractivity contribution in [2.45, 2.75) is 51.4 Å². The third-order valence-corrected chi connectivity index (χ3v) is 7.85. The number of halogens is 1. The van der Waals surface area contributed by atoms with Crippen molar-refractivity contribution in [2.75, 3.05) is 39.4 Å². The number of nitrogens with zero attached hydrogens (tertiary/aromatic N) is 2. The van der Waals surface area contributed by atoms with Crippen LogP contribution >= 0.6 is 0 Å². The van der Waals surface area contributed by atoms with Gasteiger partial charge in [-0.3, -0.25) is 4.79 Å². The molecule has 2 heterocycles. The summed E-state index contributed by atoms with van der Waals surface area (Å²) < 4.78 is 25.6. The summed E-state index contributed by atoms with van der Waals surface area (Å²) in [5, 5.41) is 0. The number of ether oxygens (including phenoxy) is 2. The average Bonchev–Trinajstić information content (AvgIpc) is 3.69. The summed E-state index contributed by atoms with van der Waals surface area (Å²) in [5.74, 6) is 2.84. The van der Waals surface area contributed by atoms with Crippen LogP contribution < -0.4 is 4.74 Å². The molecule has 0 radical (unpaired) electrons. The molecule has 4 fully saturated rings. The molecule has 2 saturated heterocycles. The summed E-state index contributed by atoms with van der Waals surface area (Å²) in [5.41, 5.74) is 0.435. The highest BCUT2D eigenvalue weighted by Gasteiger charge is 2.43. The molecule has 180 valence electrons. The normalized spacial score (nSPS) is 24.9. The quantitative estimate of drug-likeness (QED) is 0.555. The summed E-state index contributed by atoms with van der Waals surface area (Å²) in [6.45, 7) is 4.36. The van der Waals surface area contributed by atoms with E-state index in [9.17, 15) is 14.0 Å². The highest BCUT2D eigenvalue weighted by atomic mass is 19.1. The summed E-state index contributed by atoms with van der Waals surface area (Å²) >= 11 is 0. The van der Waals surface area contributed by atoms with E-state index in [1.807, 2.05) is 4.90 Å². The minimum atomic E-state index is -0.368. The fourth-order valence-corrected chi connectivity index (χ4v) is 5.19. The Kier molecular flexibility index (Phi) is 6.74. The Bertz CT molecular complexity index is 862. The van der Waals surface area contributed by atoms with E-state index in [2.05, 4.69) is 0 Å². The lowest BCUT2D eigenvalue weighted by molar-refractivity contribution is -0.133. The first-order valence-electron chi connectivity index (χ1n) is 12.7. The molecule has 0 aromatic heterocycles. The fraction of sp³-hybridized carbons (Fsp3) is 0.692. The van der Waals surface area contributed by atoms with Crippen LogP contribution in [0.25, 0.3) is 0 Å². The van der Waals surface area contributed by atoms with E-state index in [-0.39, 0.29) is 24.2 Å². The van der Waals surface area contributed by atoms with Crippen LogP contribution in [-0.2, 0) is 16.0 Å². The van der Waals surface area contributed by atoms with E-state index in [1.54, 1.807) is 17.0 Å². The second kappa shape index (κ2) is 9.90. The van der Waals surface area contributed by atoms with Gasteiger partial charge in [-0.2, -0.15) is 0 Å². The first-order chi connectivity index (χ1) is 16.1. The largest absolute Gasteiger partial charge is 0.493 e. The van der Waals surface area contributed by atoms with Crippen molar-refractivity contribution < 1.29 is 23.5 Å². The van der Waals surface area contributed by atoms with Crippen LogP contribution in [0, 0.1) is 29.5 Å². The van der Waals surface area contributed by atoms with Gasteiger partial charge in [-0.25, -0.2) is 9.18 Å². The molecule has 2 amide bonds. The number of carbonyl (C=O) groups excluding carboxylic acids is 2. The molecule has 6 nitrogen and oxygen atoms in total. The van der Waals surface area contributed by atoms with E-state index < -0.39 is 0 Å². The number of amides is 2. The minimum Gasteiger partial charge on any atom is -0.493 e. The van der Waals surface area contributed by atoms with Crippen molar-refractivity contribution in [2.24, 2.45) is 23.7 Å². The van der Waals surface area contributed by atoms with E-state index in [4.69, 9.17) is 9.47 Å². The predicted molar refractivity (Wildman–Crippen MR) is 121 cm³/mol. The Hall–Kier alpha value is -2.31. The van der Waals surface area contributed by atoms with Gasteiger partial charge in [-0.1, -0.05) is 6.07 Å². The zero-order valence-corrected chi connectivity index (χ0v) is 19.3. The smallest absolute Gasteiger partial charge is 0.409 e. The number of likely N-dealkylation sites (tertiary alicyclic amines) is 2. The van der Waals surface area contributed by atoms with Crippen LogP contribution in [-0.4, -0.2) is 61.2 Å². The molecule has 4 aliphatic rings. The second-order valence-electron chi connectivity index (χ2n) is 10.3. The van der Waals surface area contributed by atoms with Gasteiger partial charge in [-0.05, 0) is 80.2 Å². The molecule has 1 aromatic carbocycles. The summed E-state index contributed by atoms with van der Waals surface area (Å²) in [6.07, 6.45) is 7.74. The number of hydrogen-bond acceptors (Lipinski definition) is 4. The van der Waals surface area contributed by atoms with Crippen LogP contribution in [0.3, 0.4) is 0 Å². The van der Waals surface area contributed by atoms with Gasteiger partial charge in [0.05, 0.1) is 19.6 Å². The van der Waals surface area contributed by atoms with Crippen molar-refractivity contribution >= 4 is 12.0 Å². The van der Waals surface area contributed by atoms with Gasteiger partial charge in [0.1, 0.15) is 11.6 Å². The first-order valence-corrected chi connectivity index (χ1v) is 12.7. The monoisotopic (exact) mass is 458 g/mol. The molecule has 2 aliphatic carbocycles. The molecule has 33 heavy (non-hydrogen) atoms. The van der Waals surface area contributed by atoms with Crippen molar-refractivity contribution in [1.82, 2.24) is 9.80 Å². The number of benzene rings is 1. The van der Waals surface area contributed by atoms with Gasteiger partial charge in [0, 0.05) is 32.2 Å². The number of rotatable bonds is 9. The van der Waals surface area contributed by atoms with Gasteiger partial charge >= 0.3 is 6.09 Å². The van der Waals surface area contributed by atoms with Crippen LogP contribution in [0.2, 0.25) is 0 Å². The van der Waals surface area contributed by atoms with Crippen LogP contribution in [0.4, 0.5) is 9.18 Å². The van der Waals surface area contributed by atoms with E-state index in [0.29, 0.717) is 42.3 Å². The average molecular weight is 459 g/mol. The van der Waals surface area contributed by atoms with Crippen molar-refractivity contribution in [1.29, 1.82) is 0 Å². The van der Waals surface area contributed by atoms with Gasteiger partial charge in [0.25, 0.3) is 0 Å². The van der Waals surface area contributed by atoms with Gasteiger partial charge < -0.3 is 19.3 Å². The van der Waals surface area contributed by atoms with Crippen LogP contribution in [0.15, 0.2) is 18.2 Å². The molecule has 0 unspecified atom stereocenters. The standard InChI is InChI=1S/C26H35FN2O4/c27-24-16-22(5-4-21(24)15-25(30)28-9-1-10-28)32-13-8-20-14-23(20)19-6-11-29(12-7-19)26(31)33-17-18-2-3-18/h4-5,16,18-20,23H,1-3,6-15,17H2/t20-,23-/m1/s1. The third kappa shape index (κ3) is 5.79.